The molecule has 1 unspecified atom stereocenters. The lowest BCUT2D eigenvalue weighted by molar-refractivity contribution is -0.122. The summed E-state index contributed by atoms with van der Waals surface area (Å²) in [5.41, 5.74) is 10.6. The average molecular weight is 239 g/mol. The van der Waals surface area contributed by atoms with Crippen LogP contribution in [0.15, 0.2) is 24.3 Å². The number of amides is 1. The van der Waals surface area contributed by atoms with Crippen LogP contribution in [0.5, 0.6) is 0 Å². The van der Waals surface area contributed by atoms with Crippen molar-refractivity contribution in [2.75, 3.05) is 18.5 Å². The first-order valence-corrected chi connectivity index (χ1v) is 5.38. The number of halogens is 1. The van der Waals surface area contributed by atoms with Gasteiger partial charge in [-0.3, -0.25) is 4.79 Å². The zero-order valence-electron chi connectivity index (χ0n) is 10.1. The monoisotopic (exact) mass is 239 g/mol. The molecule has 0 aliphatic rings. The summed E-state index contributed by atoms with van der Waals surface area (Å²) in [5, 5.41) is 0. The molecule has 1 rings (SSSR count). The van der Waals surface area contributed by atoms with Crippen LogP contribution in [0, 0.1) is 5.82 Å². The predicted molar refractivity (Wildman–Crippen MR) is 66.1 cm³/mol. The number of carbonyl (C=O) groups is 1. The van der Waals surface area contributed by atoms with Crippen LogP contribution in [-0.2, 0) is 4.79 Å². The fourth-order valence-electron chi connectivity index (χ4n) is 1.37. The van der Waals surface area contributed by atoms with Crippen molar-refractivity contribution in [1.82, 2.24) is 0 Å². The van der Waals surface area contributed by atoms with Crippen molar-refractivity contribution in [2.45, 2.75) is 18.9 Å². The van der Waals surface area contributed by atoms with Crippen molar-refractivity contribution in [3.63, 3.8) is 0 Å². The van der Waals surface area contributed by atoms with E-state index in [0.29, 0.717) is 13.0 Å². The van der Waals surface area contributed by atoms with Gasteiger partial charge in [-0.05, 0) is 31.5 Å². The van der Waals surface area contributed by atoms with Crippen molar-refractivity contribution >= 4 is 11.6 Å². The molecule has 0 spiro atoms. The quantitative estimate of drug-likeness (QED) is 0.800. The highest BCUT2D eigenvalue weighted by Crippen LogP contribution is 2.15. The first kappa shape index (κ1) is 13.4. The highest BCUT2D eigenvalue weighted by Gasteiger charge is 2.25. The summed E-state index contributed by atoms with van der Waals surface area (Å²) in [7, 11) is 1.81. The van der Waals surface area contributed by atoms with Crippen LogP contribution < -0.4 is 16.4 Å². The fraction of sp³-hybridized carbons (Fsp3) is 0.417. The molecule has 0 fully saturated rings. The van der Waals surface area contributed by atoms with E-state index >= 15 is 0 Å². The van der Waals surface area contributed by atoms with Gasteiger partial charge in [0.05, 0.1) is 5.54 Å². The molecule has 4 N–H and O–H groups in total. The van der Waals surface area contributed by atoms with Gasteiger partial charge in [-0.1, -0.05) is 6.07 Å². The van der Waals surface area contributed by atoms with Gasteiger partial charge in [0.1, 0.15) is 5.82 Å². The number of nitrogens with two attached hydrogens (primary N) is 2. The summed E-state index contributed by atoms with van der Waals surface area (Å²) >= 11 is 0. The zero-order valence-corrected chi connectivity index (χ0v) is 10.1. The van der Waals surface area contributed by atoms with Crippen LogP contribution in [0.4, 0.5) is 10.1 Å². The van der Waals surface area contributed by atoms with Crippen molar-refractivity contribution < 1.29 is 9.18 Å². The number of hydrogen-bond acceptors (Lipinski definition) is 3. The minimum absolute atomic E-state index is 0.292. The second kappa shape index (κ2) is 5.14. The van der Waals surface area contributed by atoms with Gasteiger partial charge in [0.15, 0.2) is 0 Å². The summed E-state index contributed by atoms with van der Waals surface area (Å²) in [6.07, 6.45) is 0.412. The molecule has 0 aliphatic heterocycles. The molecule has 0 saturated heterocycles. The molecule has 5 heteroatoms. The van der Waals surface area contributed by atoms with Gasteiger partial charge in [0.25, 0.3) is 0 Å². The van der Waals surface area contributed by atoms with Crippen LogP contribution >= 0.6 is 0 Å². The molecule has 0 radical (unpaired) electrons. The minimum atomic E-state index is -1.04. The molecule has 1 aromatic carbocycles. The number of benzene rings is 1. The van der Waals surface area contributed by atoms with Crippen molar-refractivity contribution in [1.29, 1.82) is 0 Å². The largest absolute Gasteiger partial charge is 0.374 e. The van der Waals surface area contributed by atoms with Gasteiger partial charge < -0.3 is 16.4 Å². The Kier molecular flexibility index (Phi) is 4.07. The topological polar surface area (TPSA) is 72.3 Å². The lowest BCUT2D eigenvalue weighted by Gasteiger charge is -2.25. The maximum absolute atomic E-state index is 13.0. The Morgan fingerprint density at radius 2 is 2.18 bits per heavy atom. The molecule has 1 atom stereocenters. The molecular formula is C12H18FN3O. The number of rotatable bonds is 5. The fourth-order valence-corrected chi connectivity index (χ4v) is 1.37. The average Bonchev–Trinajstić information content (AvgIpc) is 2.25. The lowest BCUT2D eigenvalue weighted by Crippen LogP contribution is -2.51. The molecule has 0 bridgehead atoms. The maximum atomic E-state index is 13.0. The van der Waals surface area contributed by atoms with Crippen LogP contribution in [0.25, 0.3) is 0 Å². The molecule has 94 valence electrons. The Morgan fingerprint density at radius 1 is 1.53 bits per heavy atom. The van der Waals surface area contributed by atoms with Crippen LogP contribution in [0.2, 0.25) is 0 Å². The van der Waals surface area contributed by atoms with E-state index in [1.807, 2.05) is 11.9 Å². The van der Waals surface area contributed by atoms with E-state index in [-0.39, 0.29) is 5.82 Å². The molecule has 1 amide bonds. The SMILES string of the molecule is CN(CCC(C)(N)C(N)=O)c1cccc(F)c1. The third-order valence-electron chi connectivity index (χ3n) is 2.78. The normalized spacial score (nSPS) is 14.1. The Labute approximate surface area is 100 Å². The third-order valence-corrected chi connectivity index (χ3v) is 2.78. The van der Waals surface area contributed by atoms with E-state index in [1.54, 1.807) is 19.1 Å². The Bertz CT molecular complexity index is 406. The van der Waals surface area contributed by atoms with E-state index in [0.717, 1.165) is 5.69 Å². The molecule has 17 heavy (non-hydrogen) atoms. The number of primary amides is 1. The van der Waals surface area contributed by atoms with Crippen molar-refractivity contribution in [3.05, 3.63) is 30.1 Å². The summed E-state index contributed by atoms with van der Waals surface area (Å²) in [5.74, 6) is -0.829. The van der Waals surface area contributed by atoms with E-state index in [4.69, 9.17) is 11.5 Å². The van der Waals surface area contributed by atoms with Gasteiger partial charge in [0, 0.05) is 19.3 Å². The predicted octanol–water partition coefficient (Wildman–Crippen LogP) is 0.855. The van der Waals surface area contributed by atoms with Gasteiger partial charge in [0.2, 0.25) is 5.91 Å². The Balaban J connectivity index is 2.62. The lowest BCUT2D eigenvalue weighted by atomic mass is 9.98. The van der Waals surface area contributed by atoms with Gasteiger partial charge >= 0.3 is 0 Å². The van der Waals surface area contributed by atoms with Crippen LogP contribution in [0.1, 0.15) is 13.3 Å². The van der Waals surface area contributed by atoms with Gasteiger partial charge in [-0.25, -0.2) is 4.39 Å². The summed E-state index contributed by atoms with van der Waals surface area (Å²) in [4.78, 5) is 12.9. The molecule has 4 nitrogen and oxygen atoms in total. The van der Waals surface area contributed by atoms with E-state index in [1.165, 1.54) is 12.1 Å². The summed E-state index contributed by atoms with van der Waals surface area (Å²) in [6.45, 7) is 2.12. The number of hydrogen-bond donors (Lipinski definition) is 2. The zero-order chi connectivity index (χ0) is 13.1. The number of nitrogens with zero attached hydrogens (tertiary/aromatic N) is 1. The molecule has 0 aromatic heterocycles. The number of anilines is 1. The smallest absolute Gasteiger partial charge is 0.237 e. The minimum Gasteiger partial charge on any atom is -0.374 e. The molecule has 1 aromatic rings. The molecule has 0 aliphatic carbocycles. The molecule has 0 heterocycles. The Morgan fingerprint density at radius 3 is 2.71 bits per heavy atom. The standard InChI is InChI=1S/C12H18FN3O/c1-12(15,11(14)17)6-7-16(2)10-5-3-4-9(13)8-10/h3-5,8H,6-7,15H2,1-2H3,(H2,14,17). The maximum Gasteiger partial charge on any atom is 0.237 e. The van der Waals surface area contributed by atoms with Gasteiger partial charge in [-0.15, -0.1) is 0 Å². The van der Waals surface area contributed by atoms with Crippen LogP contribution in [0.3, 0.4) is 0 Å². The second-order valence-electron chi connectivity index (χ2n) is 4.43. The first-order valence-electron chi connectivity index (χ1n) is 5.38. The summed E-state index contributed by atoms with van der Waals surface area (Å²) in [6, 6.07) is 6.24. The second-order valence-corrected chi connectivity index (χ2v) is 4.43. The van der Waals surface area contributed by atoms with E-state index in [9.17, 15) is 9.18 Å². The number of carbonyl (C=O) groups excluding carboxylic acids is 1. The van der Waals surface area contributed by atoms with E-state index < -0.39 is 11.4 Å². The molecule has 0 saturated carbocycles. The highest BCUT2D eigenvalue weighted by atomic mass is 19.1. The molecular weight excluding hydrogens is 221 g/mol. The highest BCUT2D eigenvalue weighted by molar-refractivity contribution is 5.83. The van der Waals surface area contributed by atoms with Crippen molar-refractivity contribution in [2.24, 2.45) is 11.5 Å². The summed E-state index contributed by atoms with van der Waals surface area (Å²) < 4.78 is 13.0. The van der Waals surface area contributed by atoms with Crippen LogP contribution in [-0.4, -0.2) is 25.0 Å². The van der Waals surface area contributed by atoms with Crippen molar-refractivity contribution in [3.8, 4) is 0 Å². The Hall–Kier alpha value is -1.62. The van der Waals surface area contributed by atoms with E-state index in [2.05, 4.69) is 0 Å². The first-order chi connectivity index (χ1) is 7.83. The van der Waals surface area contributed by atoms with Gasteiger partial charge in [-0.2, -0.15) is 0 Å². The third kappa shape index (κ3) is 3.71.